The van der Waals surface area contributed by atoms with Gasteiger partial charge in [0.25, 0.3) is 15.9 Å². The fourth-order valence-corrected chi connectivity index (χ4v) is 4.14. The number of carbonyl (C=O) groups excluding carboxylic acids is 1. The zero-order valence-corrected chi connectivity index (χ0v) is 19.2. The summed E-state index contributed by atoms with van der Waals surface area (Å²) in [5, 5.41) is 2.65. The van der Waals surface area contributed by atoms with Gasteiger partial charge >= 0.3 is 6.18 Å². The van der Waals surface area contributed by atoms with Gasteiger partial charge in [0, 0.05) is 11.4 Å². The van der Waals surface area contributed by atoms with Crippen LogP contribution in [0, 0.1) is 0 Å². The number of hydrogen-bond donors (Lipinski definition) is 2. The summed E-state index contributed by atoms with van der Waals surface area (Å²) in [6, 6.07) is 16.5. The van der Waals surface area contributed by atoms with Gasteiger partial charge in [-0.1, -0.05) is 31.2 Å². The van der Waals surface area contributed by atoms with Crippen molar-refractivity contribution in [2.24, 2.45) is 0 Å². The Morgan fingerprint density at radius 2 is 1.65 bits per heavy atom. The molecule has 0 unspecified atom stereocenters. The summed E-state index contributed by atoms with van der Waals surface area (Å²) in [7, 11) is -4.14. The fourth-order valence-electron chi connectivity index (χ4n) is 3.09. The first-order chi connectivity index (χ1) is 16.0. The summed E-state index contributed by atoms with van der Waals surface area (Å²) in [6.45, 7) is 3.57. The lowest BCUT2D eigenvalue weighted by atomic mass is 10.1. The lowest BCUT2D eigenvalue weighted by molar-refractivity contribution is -0.137. The highest BCUT2D eigenvalue weighted by Gasteiger charge is 2.30. The summed E-state index contributed by atoms with van der Waals surface area (Å²) < 4.78 is 71.6. The standard InChI is InChI=1S/C24H23F3N2O4S/c1-3-17-7-4-5-10-22(17)33-16(2)23(30)28-19-11-13-21(14-12-19)34(31,32)29-20-9-6-8-18(15-20)24(25,26)27/h4-16,29H,3H2,1-2H3,(H,28,30)/t16-/m1/s1. The van der Waals surface area contributed by atoms with Crippen LogP contribution >= 0.6 is 0 Å². The van der Waals surface area contributed by atoms with Crippen LogP contribution in [0.25, 0.3) is 0 Å². The first-order valence-corrected chi connectivity index (χ1v) is 11.8. The highest BCUT2D eigenvalue weighted by Crippen LogP contribution is 2.31. The molecule has 0 radical (unpaired) electrons. The van der Waals surface area contributed by atoms with E-state index in [1.54, 1.807) is 13.0 Å². The number of rotatable bonds is 8. The molecule has 3 aromatic carbocycles. The van der Waals surface area contributed by atoms with Crippen LogP contribution in [0.2, 0.25) is 0 Å². The maximum absolute atomic E-state index is 12.9. The van der Waals surface area contributed by atoms with E-state index >= 15 is 0 Å². The van der Waals surface area contributed by atoms with Crippen LogP contribution in [0.3, 0.4) is 0 Å². The molecule has 1 amide bonds. The van der Waals surface area contributed by atoms with Crippen LogP contribution < -0.4 is 14.8 Å². The van der Waals surface area contributed by atoms with Crippen LogP contribution in [-0.2, 0) is 27.4 Å². The zero-order chi connectivity index (χ0) is 24.9. The molecule has 0 saturated carbocycles. The number of alkyl halides is 3. The molecule has 0 heterocycles. The third-order valence-corrected chi connectivity index (χ3v) is 6.30. The van der Waals surface area contributed by atoms with Crippen molar-refractivity contribution in [3.8, 4) is 5.75 Å². The molecular weight excluding hydrogens is 469 g/mol. The molecule has 0 aliphatic heterocycles. The van der Waals surface area contributed by atoms with Gasteiger partial charge in [0.2, 0.25) is 0 Å². The molecule has 0 saturated heterocycles. The number of benzene rings is 3. The number of para-hydroxylation sites is 1. The summed E-state index contributed by atoms with van der Waals surface area (Å²) >= 11 is 0. The molecule has 0 aliphatic carbocycles. The first kappa shape index (κ1) is 25.1. The zero-order valence-electron chi connectivity index (χ0n) is 18.4. The van der Waals surface area contributed by atoms with Crippen molar-refractivity contribution >= 4 is 27.3 Å². The second-order valence-corrected chi connectivity index (χ2v) is 9.10. The predicted molar refractivity (Wildman–Crippen MR) is 123 cm³/mol. The van der Waals surface area contributed by atoms with Gasteiger partial charge in [-0.25, -0.2) is 8.42 Å². The number of sulfonamides is 1. The largest absolute Gasteiger partial charge is 0.481 e. The van der Waals surface area contributed by atoms with Crippen LogP contribution in [0.1, 0.15) is 25.0 Å². The Kier molecular flexibility index (Phi) is 7.51. The second kappa shape index (κ2) is 10.2. The number of hydrogen-bond acceptors (Lipinski definition) is 4. The molecule has 0 spiro atoms. The molecule has 34 heavy (non-hydrogen) atoms. The topological polar surface area (TPSA) is 84.5 Å². The molecule has 0 aromatic heterocycles. The predicted octanol–water partition coefficient (Wildman–Crippen LogP) is 5.47. The van der Waals surface area contributed by atoms with Crippen molar-refractivity contribution in [3.05, 3.63) is 83.9 Å². The average molecular weight is 493 g/mol. The fraction of sp³-hybridized carbons (Fsp3) is 0.208. The van der Waals surface area contributed by atoms with Gasteiger partial charge < -0.3 is 10.1 Å². The summed E-state index contributed by atoms with van der Waals surface area (Å²) in [6.07, 6.45) is -4.66. The van der Waals surface area contributed by atoms with E-state index in [0.717, 1.165) is 24.1 Å². The molecule has 0 bridgehead atoms. The van der Waals surface area contributed by atoms with Crippen molar-refractivity contribution in [2.75, 3.05) is 10.0 Å². The smallest absolute Gasteiger partial charge is 0.416 e. The Labute approximate surface area is 195 Å². The summed E-state index contributed by atoms with van der Waals surface area (Å²) in [5.74, 6) is 0.179. The number of carbonyl (C=O) groups is 1. The quantitative estimate of drug-likeness (QED) is 0.437. The Balaban J connectivity index is 1.66. The minimum absolute atomic E-state index is 0.177. The van der Waals surface area contributed by atoms with E-state index in [-0.39, 0.29) is 10.6 Å². The van der Waals surface area contributed by atoms with Crippen molar-refractivity contribution in [2.45, 2.75) is 37.4 Å². The Hall–Kier alpha value is -3.53. The molecule has 180 valence electrons. The molecule has 10 heteroatoms. The Morgan fingerprint density at radius 1 is 0.971 bits per heavy atom. The molecular formula is C24H23F3N2O4S. The second-order valence-electron chi connectivity index (χ2n) is 7.42. The monoisotopic (exact) mass is 492 g/mol. The molecule has 6 nitrogen and oxygen atoms in total. The molecule has 1 atom stereocenters. The number of amides is 1. The van der Waals surface area contributed by atoms with Crippen molar-refractivity contribution in [1.82, 2.24) is 0 Å². The van der Waals surface area contributed by atoms with Gasteiger partial charge in [-0.05, 0) is 67.4 Å². The molecule has 3 aromatic rings. The number of ether oxygens (including phenoxy) is 1. The molecule has 0 fully saturated rings. The number of anilines is 2. The molecule has 2 N–H and O–H groups in total. The molecule has 0 aliphatic rings. The van der Waals surface area contributed by atoms with Gasteiger partial charge in [-0.15, -0.1) is 0 Å². The van der Waals surface area contributed by atoms with E-state index in [1.807, 2.05) is 25.1 Å². The van der Waals surface area contributed by atoms with E-state index in [4.69, 9.17) is 4.74 Å². The van der Waals surface area contributed by atoms with E-state index in [0.29, 0.717) is 17.5 Å². The Bertz CT molecular complexity index is 1260. The van der Waals surface area contributed by atoms with Gasteiger partial charge in [-0.3, -0.25) is 9.52 Å². The normalized spacial score (nSPS) is 12.6. The van der Waals surface area contributed by atoms with Crippen molar-refractivity contribution < 1.29 is 31.1 Å². The van der Waals surface area contributed by atoms with E-state index in [9.17, 15) is 26.4 Å². The maximum atomic E-state index is 12.9. The SMILES string of the molecule is CCc1ccccc1O[C@H](C)C(=O)Nc1ccc(S(=O)(=O)Nc2cccc(C(F)(F)F)c2)cc1. The van der Waals surface area contributed by atoms with Gasteiger partial charge in [0.1, 0.15) is 5.75 Å². The maximum Gasteiger partial charge on any atom is 0.416 e. The van der Waals surface area contributed by atoms with Gasteiger partial charge in [0.15, 0.2) is 6.10 Å². The average Bonchev–Trinajstić information content (AvgIpc) is 2.79. The number of nitrogens with one attached hydrogen (secondary N) is 2. The third-order valence-electron chi connectivity index (χ3n) is 4.90. The van der Waals surface area contributed by atoms with Crippen LogP contribution in [0.15, 0.2) is 77.7 Å². The van der Waals surface area contributed by atoms with Crippen LogP contribution in [0.5, 0.6) is 5.75 Å². The summed E-state index contributed by atoms with van der Waals surface area (Å²) in [4.78, 5) is 12.3. The van der Waals surface area contributed by atoms with Gasteiger partial charge in [0.05, 0.1) is 10.5 Å². The number of halogens is 3. The highest BCUT2D eigenvalue weighted by molar-refractivity contribution is 7.92. The minimum Gasteiger partial charge on any atom is -0.481 e. The van der Waals surface area contributed by atoms with Crippen molar-refractivity contribution in [1.29, 1.82) is 0 Å². The number of aryl methyl sites for hydroxylation is 1. The van der Waals surface area contributed by atoms with Crippen molar-refractivity contribution in [3.63, 3.8) is 0 Å². The first-order valence-electron chi connectivity index (χ1n) is 10.3. The summed E-state index contributed by atoms with van der Waals surface area (Å²) in [5.41, 5.74) is 0.112. The minimum atomic E-state index is -4.60. The van der Waals surface area contributed by atoms with Crippen LogP contribution in [0.4, 0.5) is 24.5 Å². The van der Waals surface area contributed by atoms with E-state index in [2.05, 4.69) is 10.0 Å². The third kappa shape index (κ3) is 6.28. The Morgan fingerprint density at radius 3 is 2.29 bits per heavy atom. The van der Waals surface area contributed by atoms with E-state index < -0.39 is 33.8 Å². The van der Waals surface area contributed by atoms with Crippen LogP contribution in [-0.4, -0.2) is 20.4 Å². The van der Waals surface area contributed by atoms with E-state index in [1.165, 1.54) is 30.3 Å². The molecule has 3 rings (SSSR count). The van der Waals surface area contributed by atoms with Gasteiger partial charge in [-0.2, -0.15) is 13.2 Å². The highest BCUT2D eigenvalue weighted by atomic mass is 32.2. The lowest BCUT2D eigenvalue weighted by Gasteiger charge is -2.17. The lowest BCUT2D eigenvalue weighted by Crippen LogP contribution is -2.30.